The van der Waals surface area contributed by atoms with Crippen molar-refractivity contribution in [1.29, 1.82) is 0 Å². The van der Waals surface area contributed by atoms with Gasteiger partial charge in [0.25, 0.3) is 5.89 Å². The fourth-order valence-electron chi connectivity index (χ4n) is 5.75. The zero-order valence-electron chi connectivity index (χ0n) is 19.5. The van der Waals surface area contributed by atoms with Gasteiger partial charge in [0, 0.05) is 11.5 Å². The molecular formula is C27H40N2O2. The van der Waals surface area contributed by atoms with Crippen molar-refractivity contribution in [3.05, 3.63) is 30.1 Å². The highest BCUT2D eigenvalue weighted by molar-refractivity contribution is 5.54. The number of nitrogens with zero attached hydrogens (tertiary/aromatic N) is 2. The van der Waals surface area contributed by atoms with Gasteiger partial charge in [-0.25, -0.2) is 0 Å². The second kappa shape index (κ2) is 11.2. The van der Waals surface area contributed by atoms with Gasteiger partial charge in [-0.15, -0.1) is 0 Å². The lowest BCUT2D eigenvalue weighted by Crippen LogP contribution is -2.25. The number of benzene rings is 1. The molecule has 0 unspecified atom stereocenters. The SMILES string of the molecule is CCCCOc1ccc(-c2nc(C3CCC(C4CCC(CCC)CC4)CC3)no2)cc1. The van der Waals surface area contributed by atoms with Crippen LogP contribution in [0.25, 0.3) is 11.5 Å². The summed E-state index contributed by atoms with van der Waals surface area (Å²) in [6.45, 7) is 5.27. The van der Waals surface area contributed by atoms with Crippen LogP contribution in [0.4, 0.5) is 0 Å². The highest BCUT2D eigenvalue weighted by atomic mass is 16.5. The summed E-state index contributed by atoms with van der Waals surface area (Å²) in [5, 5.41) is 4.35. The molecule has 2 saturated carbocycles. The molecule has 2 aliphatic rings. The average molecular weight is 425 g/mol. The zero-order valence-corrected chi connectivity index (χ0v) is 19.5. The van der Waals surface area contributed by atoms with E-state index in [-0.39, 0.29) is 0 Å². The van der Waals surface area contributed by atoms with Crippen LogP contribution in [-0.2, 0) is 0 Å². The second-order valence-electron chi connectivity index (χ2n) is 9.87. The Kier molecular flexibility index (Phi) is 8.04. The Morgan fingerprint density at radius 3 is 2.19 bits per heavy atom. The quantitative estimate of drug-likeness (QED) is 0.385. The molecule has 170 valence electrons. The van der Waals surface area contributed by atoms with Crippen LogP contribution in [0, 0.1) is 17.8 Å². The first kappa shape index (κ1) is 22.4. The van der Waals surface area contributed by atoms with Crippen LogP contribution in [0.15, 0.2) is 28.8 Å². The Bertz CT molecular complexity index is 769. The van der Waals surface area contributed by atoms with E-state index in [4.69, 9.17) is 14.2 Å². The molecule has 4 rings (SSSR count). The fraction of sp³-hybridized carbons (Fsp3) is 0.704. The number of hydrogen-bond donors (Lipinski definition) is 0. The van der Waals surface area contributed by atoms with Crippen LogP contribution < -0.4 is 4.74 Å². The number of aromatic nitrogens is 2. The summed E-state index contributed by atoms with van der Waals surface area (Å²) in [4.78, 5) is 4.76. The molecule has 4 heteroatoms. The minimum atomic E-state index is 0.460. The van der Waals surface area contributed by atoms with E-state index >= 15 is 0 Å². The molecule has 0 atom stereocenters. The van der Waals surface area contributed by atoms with Gasteiger partial charge in [-0.2, -0.15) is 4.98 Å². The highest BCUT2D eigenvalue weighted by Crippen LogP contribution is 2.44. The van der Waals surface area contributed by atoms with Crippen molar-refractivity contribution in [3.8, 4) is 17.2 Å². The maximum absolute atomic E-state index is 5.75. The summed E-state index contributed by atoms with van der Waals surface area (Å²) in [5.41, 5.74) is 0.971. The zero-order chi connectivity index (χ0) is 21.5. The van der Waals surface area contributed by atoms with Crippen molar-refractivity contribution in [2.24, 2.45) is 17.8 Å². The summed E-state index contributed by atoms with van der Waals surface area (Å²) in [6.07, 6.45) is 16.0. The molecule has 0 spiro atoms. The number of hydrogen-bond acceptors (Lipinski definition) is 4. The van der Waals surface area contributed by atoms with Gasteiger partial charge in [-0.1, -0.05) is 51.1 Å². The molecule has 0 saturated heterocycles. The molecule has 2 fully saturated rings. The number of rotatable bonds is 9. The smallest absolute Gasteiger partial charge is 0.257 e. The first-order chi connectivity index (χ1) is 15.3. The molecule has 0 radical (unpaired) electrons. The van der Waals surface area contributed by atoms with E-state index in [9.17, 15) is 0 Å². The molecule has 0 bridgehead atoms. The van der Waals surface area contributed by atoms with Crippen molar-refractivity contribution >= 4 is 0 Å². The van der Waals surface area contributed by atoms with Gasteiger partial charge in [0.05, 0.1) is 6.61 Å². The van der Waals surface area contributed by atoms with Gasteiger partial charge in [0.2, 0.25) is 0 Å². The van der Waals surface area contributed by atoms with E-state index in [1.54, 1.807) is 0 Å². The second-order valence-corrected chi connectivity index (χ2v) is 9.87. The van der Waals surface area contributed by atoms with Crippen molar-refractivity contribution in [2.75, 3.05) is 6.61 Å². The fourth-order valence-corrected chi connectivity index (χ4v) is 5.75. The van der Waals surface area contributed by atoms with E-state index in [0.29, 0.717) is 11.8 Å². The Hall–Kier alpha value is -1.84. The van der Waals surface area contributed by atoms with Crippen LogP contribution in [0.5, 0.6) is 5.75 Å². The highest BCUT2D eigenvalue weighted by Gasteiger charge is 2.32. The molecule has 0 aliphatic heterocycles. The Morgan fingerprint density at radius 2 is 1.55 bits per heavy atom. The minimum absolute atomic E-state index is 0.460. The lowest BCUT2D eigenvalue weighted by molar-refractivity contribution is 0.155. The number of unbranched alkanes of at least 4 members (excludes halogenated alkanes) is 1. The third-order valence-electron chi connectivity index (χ3n) is 7.70. The van der Waals surface area contributed by atoms with Crippen LogP contribution in [0.2, 0.25) is 0 Å². The maximum Gasteiger partial charge on any atom is 0.257 e. The normalized spacial score (nSPS) is 26.6. The topological polar surface area (TPSA) is 48.2 Å². The first-order valence-electron chi connectivity index (χ1n) is 12.8. The predicted molar refractivity (Wildman–Crippen MR) is 125 cm³/mol. The molecule has 2 aromatic rings. The van der Waals surface area contributed by atoms with Crippen LogP contribution in [0.1, 0.15) is 103 Å². The summed E-state index contributed by atoms with van der Waals surface area (Å²) in [7, 11) is 0. The first-order valence-corrected chi connectivity index (χ1v) is 12.8. The molecule has 31 heavy (non-hydrogen) atoms. The Balaban J connectivity index is 1.26. The molecule has 2 aliphatic carbocycles. The van der Waals surface area contributed by atoms with Gasteiger partial charge in [0.1, 0.15) is 5.75 Å². The van der Waals surface area contributed by atoms with Crippen LogP contribution >= 0.6 is 0 Å². The van der Waals surface area contributed by atoms with Gasteiger partial charge < -0.3 is 9.26 Å². The van der Waals surface area contributed by atoms with E-state index in [0.717, 1.165) is 54.3 Å². The Labute approximate surface area is 188 Å². The van der Waals surface area contributed by atoms with E-state index in [2.05, 4.69) is 19.0 Å². The summed E-state index contributed by atoms with van der Waals surface area (Å²) >= 11 is 0. The lowest BCUT2D eigenvalue weighted by atomic mass is 9.68. The minimum Gasteiger partial charge on any atom is -0.494 e. The monoisotopic (exact) mass is 424 g/mol. The maximum atomic E-state index is 5.75. The third kappa shape index (κ3) is 5.90. The summed E-state index contributed by atoms with van der Waals surface area (Å²) < 4.78 is 11.4. The van der Waals surface area contributed by atoms with Crippen molar-refractivity contribution in [3.63, 3.8) is 0 Å². The van der Waals surface area contributed by atoms with E-state index in [1.807, 2.05) is 24.3 Å². The predicted octanol–water partition coefficient (Wildman–Crippen LogP) is 7.80. The largest absolute Gasteiger partial charge is 0.494 e. The van der Waals surface area contributed by atoms with E-state index in [1.165, 1.54) is 64.2 Å². The van der Waals surface area contributed by atoms with Gasteiger partial charge in [-0.3, -0.25) is 0 Å². The molecular weight excluding hydrogens is 384 g/mol. The molecule has 1 aromatic heterocycles. The molecule has 1 aromatic carbocycles. The van der Waals surface area contributed by atoms with Gasteiger partial charge >= 0.3 is 0 Å². The van der Waals surface area contributed by atoms with Crippen molar-refractivity contribution in [2.45, 2.75) is 96.8 Å². The molecule has 0 amide bonds. The van der Waals surface area contributed by atoms with Crippen molar-refractivity contribution < 1.29 is 9.26 Å². The Morgan fingerprint density at radius 1 is 0.871 bits per heavy atom. The summed E-state index contributed by atoms with van der Waals surface area (Å²) in [5.74, 6) is 5.79. The lowest BCUT2D eigenvalue weighted by Gasteiger charge is -2.37. The third-order valence-corrected chi connectivity index (χ3v) is 7.70. The standard InChI is InChI=1S/C27H40N2O2/c1-3-5-19-30-25-17-15-24(16-18-25)27-28-26(29-31-27)23-13-11-22(12-14-23)21-9-7-20(6-4-2)8-10-21/h15-18,20-23H,3-14,19H2,1-2H3. The van der Waals surface area contributed by atoms with E-state index < -0.39 is 0 Å². The molecule has 1 heterocycles. The van der Waals surface area contributed by atoms with Crippen LogP contribution in [-0.4, -0.2) is 16.7 Å². The molecule has 0 N–H and O–H groups in total. The molecule has 4 nitrogen and oxygen atoms in total. The number of ether oxygens (including phenoxy) is 1. The van der Waals surface area contributed by atoms with Gasteiger partial charge in [-0.05, 0) is 87.0 Å². The van der Waals surface area contributed by atoms with Crippen LogP contribution in [0.3, 0.4) is 0 Å². The summed E-state index contributed by atoms with van der Waals surface area (Å²) in [6, 6.07) is 8.03. The average Bonchev–Trinajstić information content (AvgIpc) is 3.31. The van der Waals surface area contributed by atoms with Gasteiger partial charge in [0.15, 0.2) is 5.82 Å². The van der Waals surface area contributed by atoms with Crippen molar-refractivity contribution in [1.82, 2.24) is 10.1 Å².